The van der Waals surface area contributed by atoms with Crippen molar-refractivity contribution in [2.75, 3.05) is 11.9 Å². The molecular weight excluding hydrogens is 368 g/mol. The van der Waals surface area contributed by atoms with E-state index < -0.39 is 5.92 Å². The van der Waals surface area contributed by atoms with E-state index in [-0.39, 0.29) is 18.3 Å². The quantitative estimate of drug-likeness (QED) is 0.652. The van der Waals surface area contributed by atoms with Gasteiger partial charge in [-0.3, -0.25) is 0 Å². The molecule has 0 aliphatic carbocycles. The first-order valence-corrected chi connectivity index (χ1v) is 8.71. The highest BCUT2D eigenvalue weighted by Gasteiger charge is 2.42. The Morgan fingerprint density at radius 3 is 2.78 bits per heavy atom. The van der Waals surface area contributed by atoms with Gasteiger partial charge in [0.1, 0.15) is 18.1 Å². The molecule has 0 radical (unpaired) electrons. The van der Waals surface area contributed by atoms with Crippen LogP contribution in [-0.2, 0) is 9.53 Å². The molecule has 1 atom stereocenters. The molecule has 0 bridgehead atoms. The molecule has 0 saturated heterocycles. The third-order valence-electron chi connectivity index (χ3n) is 4.78. The lowest BCUT2D eigenvalue weighted by Gasteiger charge is -2.23. The lowest BCUT2D eigenvalue weighted by molar-refractivity contribution is -0.136. The van der Waals surface area contributed by atoms with E-state index in [4.69, 9.17) is 20.9 Å². The molecule has 3 aromatic rings. The van der Waals surface area contributed by atoms with Crippen LogP contribution in [0.5, 0.6) is 5.75 Å². The van der Waals surface area contributed by atoms with Crippen molar-refractivity contribution in [1.82, 2.24) is 5.16 Å². The van der Waals surface area contributed by atoms with Crippen molar-refractivity contribution in [3.05, 3.63) is 76.0 Å². The minimum absolute atomic E-state index is 0.116. The molecule has 134 valence electrons. The summed E-state index contributed by atoms with van der Waals surface area (Å²) in [6.45, 7) is 0.153. The molecule has 7 heteroatoms. The summed E-state index contributed by atoms with van der Waals surface area (Å²) < 4.78 is 10.8. The fourth-order valence-corrected chi connectivity index (χ4v) is 3.73. The fraction of sp³-hybridized carbons (Fsp3) is 0.100. The number of ether oxygens (including phenoxy) is 1. The Bertz CT molecular complexity index is 1100. The zero-order valence-electron chi connectivity index (χ0n) is 13.9. The van der Waals surface area contributed by atoms with Gasteiger partial charge >= 0.3 is 5.97 Å². The van der Waals surface area contributed by atoms with E-state index in [9.17, 15) is 9.90 Å². The van der Waals surface area contributed by atoms with E-state index in [2.05, 4.69) is 10.5 Å². The Balaban J connectivity index is 1.74. The van der Waals surface area contributed by atoms with E-state index in [0.717, 1.165) is 16.7 Å². The number of anilines is 1. The Labute approximate surface area is 159 Å². The first-order valence-electron chi connectivity index (χ1n) is 8.33. The number of hydrogen-bond acceptors (Lipinski definition) is 6. The Morgan fingerprint density at radius 1 is 1.19 bits per heavy atom. The van der Waals surface area contributed by atoms with Crippen molar-refractivity contribution in [2.24, 2.45) is 0 Å². The molecule has 2 aliphatic heterocycles. The summed E-state index contributed by atoms with van der Waals surface area (Å²) in [5, 5.41) is 17.9. The second-order valence-corrected chi connectivity index (χ2v) is 6.84. The highest BCUT2D eigenvalue weighted by Crippen LogP contribution is 2.48. The number of carbonyl (C=O) groups excluding carboxylic acids is 1. The second kappa shape index (κ2) is 5.89. The molecule has 2 aromatic carbocycles. The molecule has 2 N–H and O–H groups in total. The second-order valence-electron chi connectivity index (χ2n) is 6.40. The van der Waals surface area contributed by atoms with Crippen LogP contribution >= 0.6 is 11.6 Å². The van der Waals surface area contributed by atoms with Gasteiger partial charge in [-0.25, -0.2) is 4.79 Å². The molecule has 1 unspecified atom stereocenters. The van der Waals surface area contributed by atoms with Crippen LogP contribution in [-0.4, -0.2) is 22.8 Å². The van der Waals surface area contributed by atoms with Crippen molar-refractivity contribution in [2.45, 2.75) is 5.92 Å². The number of halogens is 1. The number of nitrogens with zero attached hydrogens (tertiary/aromatic N) is 1. The Kier molecular flexibility index (Phi) is 3.48. The van der Waals surface area contributed by atoms with Gasteiger partial charge in [-0.2, -0.15) is 0 Å². The number of cyclic esters (lactones) is 1. The van der Waals surface area contributed by atoms with E-state index in [1.807, 2.05) is 18.2 Å². The lowest BCUT2D eigenvalue weighted by atomic mass is 9.81. The summed E-state index contributed by atoms with van der Waals surface area (Å²) in [6, 6.07) is 14.0. The third kappa shape index (κ3) is 2.49. The number of rotatable bonds is 2. The maximum Gasteiger partial charge on any atom is 0.337 e. The van der Waals surface area contributed by atoms with Crippen LogP contribution < -0.4 is 5.32 Å². The van der Waals surface area contributed by atoms with Crippen LogP contribution in [0.25, 0.3) is 11.3 Å². The molecule has 6 nitrogen and oxygen atoms in total. The van der Waals surface area contributed by atoms with Crippen LogP contribution in [0.15, 0.2) is 64.3 Å². The number of nitrogens with one attached hydrogen (secondary N) is 1. The van der Waals surface area contributed by atoms with Crippen molar-refractivity contribution in [3.8, 4) is 17.0 Å². The minimum atomic E-state index is -0.463. The van der Waals surface area contributed by atoms with Crippen LogP contribution in [0, 0.1) is 0 Å². The number of phenolic OH excluding ortho intramolecular Hbond substituents is 1. The standard InChI is InChI=1S/C20H13ClN2O4/c21-12-6-4-10(5-7-12)18-17-15(11-2-1-3-13(24)8-11)16-14(9-26-20(16)25)22-19(17)27-23-18/h1-8,15,22,24H,9H2. The van der Waals surface area contributed by atoms with Crippen molar-refractivity contribution in [1.29, 1.82) is 0 Å². The average Bonchev–Trinajstić information content (AvgIpc) is 3.25. The van der Waals surface area contributed by atoms with E-state index in [1.54, 1.807) is 30.3 Å². The van der Waals surface area contributed by atoms with E-state index >= 15 is 0 Å². The van der Waals surface area contributed by atoms with Gasteiger partial charge in [0.05, 0.1) is 22.8 Å². The van der Waals surface area contributed by atoms with Gasteiger partial charge < -0.3 is 19.7 Å². The van der Waals surface area contributed by atoms with Crippen LogP contribution in [0.1, 0.15) is 17.0 Å². The smallest absolute Gasteiger partial charge is 0.337 e. The molecule has 0 saturated carbocycles. The summed E-state index contributed by atoms with van der Waals surface area (Å²) in [7, 11) is 0. The largest absolute Gasteiger partial charge is 0.508 e. The first kappa shape index (κ1) is 16.0. The summed E-state index contributed by atoms with van der Waals surface area (Å²) in [5.41, 5.74) is 4.05. The van der Waals surface area contributed by atoms with Gasteiger partial charge in [0.15, 0.2) is 0 Å². The molecule has 27 heavy (non-hydrogen) atoms. The normalized spacial score (nSPS) is 18.0. The predicted octanol–water partition coefficient (Wildman–Crippen LogP) is 4.07. The highest BCUT2D eigenvalue weighted by atomic mass is 35.5. The number of phenols is 1. The first-order chi connectivity index (χ1) is 13.1. The zero-order chi connectivity index (χ0) is 18.5. The summed E-state index contributed by atoms with van der Waals surface area (Å²) in [6.07, 6.45) is 0. The average molecular weight is 381 g/mol. The number of hydrogen-bond donors (Lipinski definition) is 2. The molecule has 0 amide bonds. The van der Waals surface area contributed by atoms with Crippen LogP contribution in [0.4, 0.5) is 5.88 Å². The van der Waals surface area contributed by atoms with Crippen LogP contribution in [0.2, 0.25) is 5.02 Å². The lowest BCUT2D eigenvalue weighted by Crippen LogP contribution is -2.19. The number of esters is 1. The number of benzene rings is 2. The number of carbonyl (C=O) groups is 1. The fourth-order valence-electron chi connectivity index (χ4n) is 3.60. The van der Waals surface area contributed by atoms with Gasteiger partial charge in [0.2, 0.25) is 5.88 Å². The molecule has 5 rings (SSSR count). The number of aromatic hydroxyl groups is 1. The Morgan fingerprint density at radius 2 is 2.00 bits per heavy atom. The van der Waals surface area contributed by atoms with E-state index in [0.29, 0.717) is 27.9 Å². The molecule has 3 heterocycles. The summed E-state index contributed by atoms with van der Waals surface area (Å²) in [4.78, 5) is 12.5. The Hall–Kier alpha value is -3.25. The number of fused-ring (bicyclic) bond motifs is 1. The SMILES string of the molecule is O=C1OCC2=C1C(c1cccc(O)c1)c1c(-c3ccc(Cl)cc3)noc1N2. The van der Waals surface area contributed by atoms with Gasteiger partial charge in [-0.05, 0) is 29.8 Å². The minimum Gasteiger partial charge on any atom is -0.508 e. The summed E-state index contributed by atoms with van der Waals surface area (Å²) >= 11 is 6.00. The number of aromatic nitrogens is 1. The molecule has 1 aromatic heterocycles. The van der Waals surface area contributed by atoms with Crippen molar-refractivity contribution in [3.63, 3.8) is 0 Å². The van der Waals surface area contributed by atoms with Gasteiger partial charge in [0.25, 0.3) is 0 Å². The van der Waals surface area contributed by atoms with Crippen LogP contribution in [0.3, 0.4) is 0 Å². The topological polar surface area (TPSA) is 84.6 Å². The highest BCUT2D eigenvalue weighted by molar-refractivity contribution is 6.30. The van der Waals surface area contributed by atoms with Crippen molar-refractivity contribution >= 4 is 23.5 Å². The maximum absolute atomic E-state index is 12.5. The molecule has 2 aliphatic rings. The molecule has 0 spiro atoms. The monoisotopic (exact) mass is 380 g/mol. The third-order valence-corrected chi connectivity index (χ3v) is 5.04. The van der Waals surface area contributed by atoms with Gasteiger partial charge in [-0.15, -0.1) is 0 Å². The van der Waals surface area contributed by atoms with Gasteiger partial charge in [-0.1, -0.05) is 41.0 Å². The summed E-state index contributed by atoms with van der Waals surface area (Å²) in [5.74, 6) is -0.272. The van der Waals surface area contributed by atoms with Gasteiger partial charge in [0, 0.05) is 10.6 Å². The zero-order valence-corrected chi connectivity index (χ0v) is 14.7. The maximum atomic E-state index is 12.5. The molecular formula is C20H13ClN2O4. The van der Waals surface area contributed by atoms with Crippen molar-refractivity contribution < 1.29 is 19.2 Å². The molecule has 0 fully saturated rings. The predicted molar refractivity (Wildman–Crippen MR) is 98.5 cm³/mol. The van der Waals surface area contributed by atoms with E-state index in [1.165, 1.54) is 0 Å².